The molecular weight excluding hydrogens is 202 g/mol. The molecule has 0 aliphatic rings. The Bertz CT molecular complexity index is 363. The van der Waals surface area contributed by atoms with Gasteiger partial charge in [0.25, 0.3) is 0 Å². The van der Waals surface area contributed by atoms with E-state index in [2.05, 4.69) is 0 Å². The van der Waals surface area contributed by atoms with Crippen LogP contribution in [0, 0.1) is 0 Å². The summed E-state index contributed by atoms with van der Waals surface area (Å²) in [6.45, 7) is 3.76. The molecule has 1 rings (SSSR count). The van der Waals surface area contributed by atoms with E-state index in [-0.39, 0.29) is 11.5 Å². The number of ether oxygens (including phenoxy) is 1. The highest BCUT2D eigenvalue weighted by Gasteiger charge is 2.14. The fourth-order valence-corrected chi connectivity index (χ4v) is 1.37. The third-order valence-corrected chi connectivity index (χ3v) is 2.14. The number of ketones is 1. The van der Waals surface area contributed by atoms with Gasteiger partial charge in [0, 0.05) is 0 Å². The number of benzene rings is 1. The van der Waals surface area contributed by atoms with Crippen LogP contribution in [0.3, 0.4) is 0 Å². The molecular formula is C10H12ClNO2. The Morgan fingerprint density at radius 1 is 1.57 bits per heavy atom. The van der Waals surface area contributed by atoms with Crippen LogP contribution in [-0.4, -0.2) is 12.4 Å². The summed E-state index contributed by atoms with van der Waals surface area (Å²) < 4.78 is 5.27. The second-order valence-electron chi connectivity index (χ2n) is 2.82. The van der Waals surface area contributed by atoms with Crippen LogP contribution in [0.4, 0.5) is 5.69 Å². The smallest absolute Gasteiger partial charge is 0.165 e. The van der Waals surface area contributed by atoms with Crippen molar-refractivity contribution in [2.24, 2.45) is 0 Å². The lowest BCUT2D eigenvalue weighted by atomic mass is 10.1. The average molecular weight is 214 g/mol. The fraction of sp³-hybridized carbons (Fsp3) is 0.300. The van der Waals surface area contributed by atoms with E-state index in [0.717, 1.165) is 0 Å². The Morgan fingerprint density at radius 2 is 2.21 bits per heavy atom. The Kier molecular flexibility index (Phi) is 3.36. The molecule has 0 saturated heterocycles. The summed E-state index contributed by atoms with van der Waals surface area (Å²) in [6, 6.07) is 3.27. The lowest BCUT2D eigenvalue weighted by Crippen LogP contribution is -2.05. The van der Waals surface area contributed by atoms with Crippen LogP contribution >= 0.6 is 11.6 Å². The number of anilines is 1. The predicted octanol–water partition coefficient (Wildman–Crippen LogP) is 2.52. The highest BCUT2D eigenvalue weighted by atomic mass is 35.5. The normalized spacial score (nSPS) is 9.93. The van der Waals surface area contributed by atoms with Gasteiger partial charge >= 0.3 is 0 Å². The van der Waals surface area contributed by atoms with Gasteiger partial charge in [0.1, 0.15) is 5.75 Å². The zero-order chi connectivity index (χ0) is 10.7. The van der Waals surface area contributed by atoms with E-state index in [1.165, 1.54) is 6.92 Å². The molecule has 1 aromatic carbocycles. The van der Waals surface area contributed by atoms with Crippen LogP contribution in [0.25, 0.3) is 0 Å². The number of nitrogens with two attached hydrogens (primary N) is 1. The Hall–Kier alpha value is -1.22. The minimum atomic E-state index is -0.145. The standard InChI is InChI=1S/C10H12ClNO2/c1-3-14-8-5-4-7(11)10(12)9(8)6(2)13/h4-5H,3,12H2,1-2H3. The zero-order valence-corrected chi connectivity index (χ0v) is 8.89. The molecule has 0 atom stereocenters. The first-order valence-electron chi connectivity index (χ1n) is 4.29. The summed E-state index contributed by atoms with van der Waals surface area (Å²) in [5.41, 5.74) is 6.32. The number of halogens is 1. The summed E-state index contributed by atoms with van der Waals surface area (Å²) in [5.74, 6) is 0.343. The molecule has 0 aliphatic carbocycles. The lowest BCUT2D eigenvalue weighted by Gasteiger charge is -2.11. The largest absolute Gasteiger partial charge is 0.493 e. The van der Waals surface area contributed by atoms with Crippen molar-refractivity contribution in [3.05, 3.63) is 22.7 Å². The van der Waals surface area contributed by atoms with E-state index in [1.807, 2.05) is 6.92 Å². The topological polar surface area (TPSA) is 52.3 Å². The van der Waals surface area contributed by atoms with Crippen LogP contribution < -0.4 is 10.5 Å². The summed E-state index contributed by atoms with van der Waals surface area (Å²) in [4.78, 5) is 11.3. The average Bonchev–Trinajstić information content (AvgIpc) is 2.11. The molecule has 14 heavy (non-hydrogen) atoms. The highest BCUT2D eigenvalue weighted by molar-refractivity contribution is 6.34. The number of nitrogen functional groups attached to an aromatic ring is 1. The molecule has 1 aromatic rings. The number of carbonyl (C=O) groups excluding carboxylic acids is 1. The van der Waals surface area contributed by atoms with Crippen LogP contribution in [0.5, 0.6) is 5.75 Å². The Labute approximate surface area is 87.8 Å². The van der Waals surface area contributed by atoms with Gasteiger partial charge in [0.05, 0.1) is 22.9 Å². The van der Waals surface area contributed by atoms with E-state index >= 15 is 0 Å². The van der Waals surface area contributed by atoms with Crippen LogP contribution in [0.2, 0.25) is 5.02 Å². The maximum absolute atomic E-state index is 11.3. The van der Waals surface area contributed by atoms with Crippen LogP contribution in [0.15, 0.2) is 12.1 Å². The first-order chi connectivity index (χ1) is 6.57. The number of carbonyl (C=O) groups is 1. The molecule has 0 amide bonds. The first-order valence-corrected chi connectivity index (χ1v) is 4.67. The first kappa shape index (κ1) is 10.9. The maximum atomic E-state index is 11.3. The van der Waals surface area contributed by atoms with E-state index in [0.29, 0.717) is 22.9 Å². The number of hydrogen-bond acceptors (Lipinski definition) is 3. The summed E-state index contributed by atoms with van der Waals surface area (Å²) in [5, 5.41) is 0.374. The Morgan fingerprint density at radius 3 is 2.71 bits per heavy atom. The van der Waals surface area contributed by atoms with Crippen molar-refractivity contribution in [1.82, 2.24) is 0 Å². The molecule has 0 aromatic heterocycles. The second kappa shape index (κ2) is 4.33. The highest BCUT2D eigenvalue weighted by Crippen LogP contribution is 2.31. The van der Waals surface area contributed by atoms with E-state index in [1.54, 1.807) is 12.1 Å². The molecule has 0 heterocycles. The maximum Gasteiger partial charge on any atom is 0.165 e. The van der Waals surface area contributed by atoms with Crippen LogP contribution in [-0.2, 0) is 0 Å². The fourth-order valence-electron chi connectivity index (χ4n) is 1.21. The third-order valence-electron chi connectivity index (χ3n) is 1.81. The quantitative estimate of drug-likeness (QED) is 0.620. The van der Waals surface area contributed by atoms with Crippen molar-refractivity contribution >= 4 is 23.1 Å². The molecule has 0 spiro atoms. The van der Waals surface area contributed by atoms with Crippen molar-refractivity contribution in [1.29, 1.82) is 0 Å². The molecule has 0 radical (unpaired) electrons. The van der Waals surface area contributed by atoms with Gasteiger partial charge < -0.3 is 10.5 Å². The van der Waals surface area contributed by atoms with Crippen molar-refractivity contribution in [3.63, 3.8) is 0 Å². The molecule has 0 saturated carbocycles. The number of rotatable bonds is 3. The summed E-state index contributed by atoms with van der Waals surface area (Å²) in [7, 11) is 0. The minimum Gasteiger partial charge on any atom is -0.493 e. The van der Waals surface area contributed by atoms with Crippen molar-refractivity contribution in [2.75, 3.05) is 12.3 Å². The van der Waals surface area contributed by atoms with Crippen LogP contribution in [0.1, 0.15) is 24.2 Å². The Balaban J connectivity index is 3.30. The van der Waals surface area contributed by atoms with Gasteiger partial charge in [-0.3, -0.25) is 4.79 Å². The third kappa shape index (κ3) is 1.99. The van der Waals surface area contributed by atoms with Gasteiger partial charge in [0.2, 0.25) is 0 Å². The molecule has 0 aliphatic heterocycles. The molecule has 3 nitrogen and oxygen atoms in total. The summed E-state index contributed by atoms with van der Waals surface area (Å²) >= 11 is 5.80. The molecule has 0 unspecified atom stereocenters. The van der Waals surface area contributed by atoms with Crippen molar-refractivity contribution in [3.8, 4) is 5.75 Å². The molecule has 4 heteroatoms. The number of Topliss-reactive ketones (excluding diaryl/α,β-unsaturated/α-hetero) is 1. The van der Waals surface area contributed by atoms with Crippen molar-refractivity contribution < 1.29 is 9.53 Å². The van der Waals surface area contributed by atoms with Gasteiger partial charge in [-0.05, 0) is 26.0 Å². The lowest BCUT2D eigenvalue weighted by molar-refractivity contribution is 0.101. The van der Waals surface area contributed by atoms with Gasteiger partial charge in [0.15, 0.2) is 5.78 Å². The van der Waals surface area contributed by atoms with E-state index in [4.69, 9.17) is 22.1 Å². The number of hydrogen-bond donors (Lipinski definition) is 1. The zero-order valence-electron chi connectivity index (χ0n) is 8.13. The van der Waals surface area contributed by atoms with Gasteiger partial charge in [-0.2, -0.15) is 0 Å². The molecule has 2 N–H and O–H groups in total. The SMILES string of the molecule is CCOc1ccc(Cl)c(N)c1C(C)=O. The van der Waals surface area contributed by atoms with Crippen molar-refractivity contribution in [2.45, 2.75) is 13.8 Å². The van der Waals surface area contributed by atoms with Gasteiger partial charge in [-0.1, -0.05) is 11.6 Å². The monoisotopic (exact) mass is 213 g/mol. The molecule has 0 fully saturated rings. The van der Waals surface area contributed by atoms with Gasteiger partial charge in [-0.25, -0.2) is 0 Å². The molecule has 76 valence electrons. The van der Waals surface area contributed by atoms with E-state index < -0.39 is 0 Å². The second-order valence-corrected chi connectivity index (χ2v) is 3.23. The summed E-state index contributed by atoms with van der Waals surface area (Å²) in [6.07, 6.45) is 0. The van der Waals surface area contributed by atoms with Gasteiger partial charge in [-0.15, -0.1) is 0 Å². The molecule has 0 bridgehead atoms. The van der Waals surface area contributed by atoms with E-state index in [9.17, 15) is 4.79 Å². The minimum absolute atomic E-state index is 0.145. The predicted molar refractivity (Wildman–Crippen MR) is 57.0 cm³/mol.